The van der Waals surface area contributed by atoms with Gasteiger partial charge in [0.2, 0.25) is 0 Å². The van der Waals surface area contributed by atoms with Crippen molar-refractivity contribution in [1.82, 2.24) is 9.78 Å². The molecule has 0 spiro atoms. The first-order valence-electron chi connectivity index (χ1n) is 5.44. The number of rotatable bonds is 3. The van der Waals surface area contributed by atoms with Crippen LogP contribution in [0.3, 0.4) is 0 Å². The molecule has 0 saturated heterocycles. The molecule has 0 N–H and O–H groups in total. The average Bonchev–Trinajstić information content (AvgIpc) is 2.85. The summed E-state index contributed by atoms with van der Waals surface area (Å²) in [5.41, 5.74) is 0.788. The summed E-state index contributed by atoms with van der Waals surface area (Å²) in [5, 5.41) is 7.76. The smallest absolute Gasteiger partial charge is 0.343 e. The van der Waals surface area contributed by atoms with E-state index in [0.29, 0.717) is 11.4 Å². The van der Waals surface area contributed by atoms with Gasteiger partial charge in [-0.1, -0.05) is 0 Å². The zero-order valence-corrected chi connectivity index (χ0v) is 10.9. The molecule has 0 radical (unpaired) electrons. The predicted octanol–water partition coefficient (Wildman–Crippen LogP) is 1.78. The second-order valence-corrected chi connectivity index (χ2v) is 4.40. The van der Waals surface area contributed by atoms with Crippen LogP contribution in [-0.2, 0) is 4.74 Å². The van der Waals surface area contributed by atoms with E-state index < -0.39 is 11.5 Å². The largest absolute Gasteiger partial charge is 0.462 e. The minimum absolute atomic E-state index is 0.00977. The highest BCUT2D eigenvalue weighted by Crippen LogP contribution is 2.10. The number of thiophene rings is 1. The van der Waals surface area contributed by atoms with Crippen molar-refractivity contribution in [3.63, 3.8) is 0 Å². The van der Waals surface area contributed by atoms with Crippen molar-refractivity contribution in [2.75, 3.05) is 6.61 Å². The Morgan fingerprint density at radius 3 is 2.94 bits per heavy atom. The van der Waals surface area contributed by atoms with Gasteiger partial charge < -0.3 is 4.74 Å². The number of hydrogen-bond donors (Lipinski definition) is 0. The summed E-state index contributed by atoms with van der Waals surface area (Å²) in [6.45, 7) is 3.66. The fourth-order valence-corrected chi connectivity index (χ4v) is 2.14. The fourth-order valence-electron chi connectivity index (χ4n) is 1.52. The van der Waals surface area contributed by atoms with Gasteiger partial charge in [-0.3, -0.25) is 4.79 Å². The Balaban J connectivity index is 2.57. The lowest BCUT2D eigenvalue weighted by molar-refractivity contribution is 0.0523. The lowest BCUT2D eigenvalue weighted by atomic mass is 10.2. The third-order valence-electron chi connectivity index (χ3n) is 2.28. The number of carbonyl (C=O) groups excluding carboxylic acids is 1. The molecule has 6 heteroatoms. The van der Waals surface area contributed by atoms with Gasteiger partial charge in [0.25, 0.3) is 5.56 Å². The van der Waals surface area contributed by atoms with Gasteiger partial charge in [-0.25, -0.2) is 4.79 Å². The van der Waals surface area contributed by atoms with E-state index >= 15 is 0 Å². The van der Waals surface area contributed by atoms with Crippen molar-refractivity contribution in [1.29, 1.82) is 0 Å². The standard InChI is InChI=1S/C12H12N2O3S/c1-3-17-12(16)10-6-8(2)13-14(11(10)15)9-4-5-18-7-9/h4-7H,3H2,1-2H3. The third-order valence-corrected chi connectivity index (χ3v) is 2.95. The maximum Gasteiger partial charge on any atom is 0.343 e. The number of carbonyl (C=O) groups is 1. The van der Waals surface area contributed by atoms with E-state index in [1.807, 2.05) is 5.38 Å². The van der Waals surface area contributed by atoms with Gasteiger partial charge in [0.05, 0.1) is 18.0 Å². The maximum atomic E-state index is 12.1. The molecule has 0 aliphatic rings. The molecule has 18 heavy (non-hydrogen) atoms. The van der Waals surface area contributed by atoms with Crippen molar-refractivity contribution < 1.29 is 9.53 Å². The monoisotopic (exact) mass is 264 g/mol. The number of esters is 1. The summed E-state index contributed by atoms with van der Waals surface area (Å²) < 4.78 is 6.08. The number of hydrogen-bond acceptors (Lipinski definition) is 5. The van der Waals surface area contributed by atoms with E-state index in [2.05, 4.69) is 5.10 Å². The first-order valence-corrected chi connectivity index (χ1v) is 6.38. The molecule has 0 amide bonds. The van der Waals surface area contributed by atoms with Gasteiger partial charge in [0.15, 0.2) is 0 Å². The van der Waals surface area contributed by atoms with Crippen LogP contribution in [0.25, 0.3) is 5.69 Å². The van der Waals surface area contributed by atoms with Crippen LogP contribution in [0.1, 0.15) is 23.0 Å². The topological polar surface area (TPSA) is 61.2 Å². The highest BCUT2D eigenvalue weighted by Gasteiger charge is 2.16. The van der Waals surface area contributed by atoms with E-state index in [1.54, 1.807) is 25.3 Å². The molecule has 0 bridgehead atoms. The molecule has 0 aliphatic carbocycles. The summed E-state index contributed by atoms with van der Waals surface area (Å²) in [4.78, 5) is 23.8. The molecule has 0 aromatic carbocycles. The van der Waals surface area contributed by atoms with Crippen molar-refractivity contribution in [3.05, 3.63) is 44.5 Å². The van der Waals surface area contributed by atoms with Gasteiger partial charge >= 0.3 is 5.97 Å². The molecular formula is C12H12N2O3S. The van der Waals surface area contributed by atoms with Gasteiger partial charge in [0, 0.05) is 5.38 Å². The van der Waals surface area contributed by atoms with Crippen LogP contribution in [0.15, 0.2) is 27.7 Å². The second kappa shape index (κ2) is 5.14. The van der Waals surface area contributed by atoms with Crippen LogP contribution in [-0.4, -0.2) is 22.4 Å². The maximum absolute atomic E-state index is 12.1. The zero-order chi connectivity index (χ0) is 13.1. The Kier molecular flexibility index (Phi) is 3.57. The Morgan fingerprint density at radius 2 is 2.33 bits per heavy atom. The summed E-state index contributed by atoms with van der Waals surface area (Å²) in [5.74, 6) is -0.614. The lowest BCUT2D eigenvalue weighted by Gasteiger charge is -2.06. The highest BCUT2D eigenvalue weighted by atomic mass is 32.1. The first kappa shape index (κ1) is 12.5. The highest BCUT2D eigenvalue weighted by molar-refractivity contribution is 7.08. The first-order chi connectivity index (χ1) is 8.63. The number of aromatic nitrogens is 2. The van der Waals surface area contributed by atoms with E-state index in [0.717, 1.165) is 0 Å². The second-order valence-electron chi connectivity index (χ2n) is 3.62. The molecule has 5 nitrogen and oxygen atoms in total. The summed E-state index contributed by atoms with van der Waals surface area (Å²) in [6.07, 6.45) is 0. The Bertz CT molecular complexity index is 617. The van der Waals surface area contributed by atoms with Crippen LogP contribution in [0.4, 0.5) is 0 Å². The zero-order valence-electron chi connectivity index (χ0n) is 10.0. The van der Waals surface area contributed by atoms with E-state index in [4.69, 9.17) is 4.74 Å². The summed E-state index contributed by atoms with van der Waals surface area (Å²) in [7, 11) is 0. The normalized spacial score (nSPS) is 10.3. The van der Waals surface area contributed by atoms with E-state index in [9.17, 15) is 9.59 Å². The molecule has 94 valence electrons. The number of aryl methyl sites for hydroxylation is 1. The third kappa shape index (κ3) is 2.33. The van der Waals surface area contributed by atoms with Crippen LogP contribution < -0.4 is 5.56 Å². The molecule has 0 aliphatic heterocycles. The number of ether oxygens (including phenoxy) is 1. The molecule has 2 heterocycles. The van der Waals surface area contributed by atoms with Gasteiger partial charge in [-0.15, -0.1) is 0 Å². The van der Waals surface area contributed by atoms with Crippen molar-refractivity contribution in [2.45, 2.75) is 13.8 Å². The van der Waals surface area contributed by atoms with Crippen LogP contribution >= 0.6 is 11.3 Å². The van der Waals surface area contributed by atoms with Gasteiger partial charge in [-0.05, 0) is 31.4 Å². The summed E-state index contributed by atoms with van der Waals surface area (Å²) in [6, 6.07) is 3.22. The van der Waals surface area contributed by atoms with Crippen LogP contribution in [0, 0.1) is 6.92 Å². The van der Waals surface area contributed by atoms with Gasteiger partial charge in [0.1, 0.15) is 5.56 Å². The lowest BCUT2D eigenvalue weighted by Crippen LogP contribution is -2.28. The van der Waals surface area contributed by atoms with Crippen molar-refractivity contribution in [2.24, 2.45) is 0 Å². The minimum atomic E-state index is -0.614. The van der Waals surface area contributed by atoms with Gasteiger partial charge in [-0.2, -0.15) is 21.1 Å². The average molecular weight is 264 g/mol. The molecule has 2 aromatic rings. The number of nitrogens with zero attached hydrogens (tertiary/aromatic N) is 2. The molecule has 0 fully saturated rings. The molecule has 2 aromatic heterocycles. The van der Waals surface area contributed by atoms with Crippen molar-refractivity contribution >= 4 is 17.3 Å². The molecule has 2 rings (SSSR count). The fraction of sp³-hybridized carbons (Fsp3) is 0.250. The minimum Gasteiger partial charge on any atom is -0.462 e. The Labute approximate surface area is 108 Å². The van der Waals surface area contributed by atoms with E-state index in [1.165, 1.54) is 22.1 Å². The predicted molar refractivity (Wildman–Crippen MR) is 68.4 cm³/mol. The van der Waals surface area contributed by atoms with Crippen LogP contribution in [0.5, 0.6) is 0 Å². The van der Waals surface area contributed by atoms with E-state index in [-0.39, 0.29) is 12.2 Å². The molecule has 0 unspecified atom stereocenters. The Morgan fingerprint density at radius 1 is 1.56 bits per heavy atom. The quantitative estimate of drug-likeness (QED) is 0.793. The summed E-state index contributed by atoms with van der Waals surface area (Å²) >= 11 is 1.46. The molecular weight excluding hydrogens is 252 g/mol. The Hall–Kier alpha value is -1.95. The van der Waals surface area contributed by atoms with Crippen molar-refractivity contribution in [3.8, 4) is 5.69 Å². The molecule has 0 atom stereocenters. The molecule has 0 saturated carbocycles. The SMILES string of the molecule is CCOC(=O)c1cc(C)nn(-c2ccsc2)c1=O. The van der Waals surface area contributed by atoms with Crippen LogP contribution in [0.2, 0.25) is 0 Å².